The van der Waals surface area contributed by atoms with E-state index in [1.54, 1.807) is 7.11 Å². The Morgan fingerprint density at radius 3 is 2.08 bits per heavy atom. The number of ether oxygens (including phenoxy) is 1. The van der Waals surface area contributed by atoms with Gasteiger partial charge >= 0.3 is 0 Å². The van der Waals surface area contributed by atoms with E-state index in [4.69, 9.17) is 8.17 Å². The largest absolute Gasteiger partial charge is 0.507 e. The molecule has 3 nitrogen and oxygen atoms in total. The summed E-state index contributed by atoms with van der Waals surface area (Å²) >= 11 is 1.15. The van der Waals surface area contributed by atoms with Gasteiger partial charge in [-0.2, -0.15) is 0 Å². The Kier molecular flexibility index (Phi) is 9.19. The first kappa shape index (κ1) is 22.0. The average Bonchev–Trinajstić information content (AvgIpc) is 2.71. The standard InChI is InChI=1S/C21H31O2P.HIO/c1-3-14-4-6-15(7-5-14)16-8-10-17(11-9-16)18-12-13-19(22)21(24)20(18)23-2;1-2/h3,12-17,22H,1,4-11,24H2,2H3;2H. The quantitative estimate of drug-likeness (QED) is 0.333. The summed E-state index contributed by atoms with van der Waals surface area (Å²) in [6, 6.07) is 3.87. The zero-order chi connectivity index (χ0) is 19.1. The molecule has 0 aliphatic heterocycles. The maximum atomic E-state index is 9.90. The highest BCUT2D eigenvalue weighted by molar-refractivity contribution is 14.1. The second kappa shape index (κ2) is 10.9. The van der Waals surface area contributed by atoms with E-state index < -0.39 is 0 Å². The van der Waals surface area contributed by atoms with E-state index in [9.17, 15) is 5.11 Å². The third kappa shape index (κ3) is 5.14. The molecule has 0 spiro atoms. The number of rotatable bonds is 4. The molecule has 0 amide bonds. The predicted octanol–water partition coefficient (Wildman–Crippen LogP) is 5.50. The van der Waals surface area contributed by atoms with Crippen LogP contribution < -0.4 is 10.0 Å². The molecule has 1 aromatic rings. The van der Waals surface area contributed by atoms with E-state index in [0.29, 0.717) is 11.7 Å². The van der Waals surface area contributed by atoms with Gasteiger partial charge in [-0.15, -0.1) is 6.58 Å². The number of phenols is 1. The van der Waals surface area contributed by atoms with Crippen LogP contribution in [0, 0.1) is 17.8 Å². The monoisotopic (exact) mass is 490 g/mol. The second-order valence-corrected chi connectivity index (χ2v) is 8.22. The molecule has 0 radical (unpaired) electrons. The molecule has 2 aliphatic rings. The van der Waals surface area contributed by atoms with Crippen molar-refractivity contribution in [2.45, 2.75) is 57.3 Å². The zero-order valence-electron chi connectivity index (χ0n) is 15.7. The Morgan fingerprint density at radius 1 is 1.04 bits per heavy atom. The molecule has 0 aromatic heterocycles. The number of allylic oxidation sites excluding steroid dienone is 1. The van der Waals surface area contributed by atoms with Crippen molar-refractivity contribution in [3.05, 3.63) is 30.4 Å². The minimum Gasteiger partial charge on any atom is -0.507 e. The summed E-state index contributed by atoms with van der Waals surface area (Å²) in [7, 11) is 4.32. The molecule has 0 saturated heterocycles. The maximum absolute atomic E-state index is 9.90. The van der Waals surface area contributed by atoms with Crippen molar-refractivity contribution >= 4 is 37.6 Å². The SMILES string of the molecule is C=CC1CCC(C2CCC(c3ccc(O)c(P)c3OC)CC2)CC1.OI. The van der Waals surface area contributed by atoms with Gasteiger partial charge in [-0.3, -0.25) is 0 Å². The summed E-state index contributed by atoms with van der Waals surface area (Å²) in [4.78, 5) is 0. The summed E-state index contributed by atoms with van der Waals surface area (Å²) in [6.45, 7) is 3.96. The molecule has 2 N–H and O–H groups in total. The van der Waals surface area contributed by atoms with E-state index >= 15 is 0 Å². The summed E-state index contributed by atoms with van der Waals surface area (Å²) < 4.78 is 12.6. The molecule has 2 fully saturated rings. The predicted molar refractivity (Wildman–Crippen MR) is 121 cm³/mol. The summed E-state index contributed by atoms with van der Waals surface area (Å²) in [5.41, 5.74) is 1.27. The number of halogens is 1. The highest BCUT2D eigenvalue weighted by atomic mass is 127. The Balaban J connectivity index is 0.00000117. The third-order valence-electron chi connectivity index (χ3n) is 6.44. The first-order chi connectivity index (χ1) is 12.6. The molecular formula is C21H32IO3P. The molecule has 0 heterocycles. The first-order valence-electron chi connectivity index (χ1n) is 9.58. The van der Waals surface area contributed by atoms with Crippen molar-refractivity contribution in [1.29, 1.82) is 0 Å². The van der Waals surface area contributed by atoms with Crippen molar-refractivity contribution in [1.82, 2.24) is 0 Å². The summed E-state index contributed by atoms with van der Waals surface area (Å²) in [6.07, 6.45) is 12.8. The molecule has 26 heavy (non-hydrogen) atoms. The molecule has 5 heteroatoms. The van der Waals surface area contributed by atoms with Crippen LogP contribution in [0.3, 0.4) is 0 Å². The van der Waals surface area contributed by atoms with Crippen molar-refractivity contribution < 1.29 is 13.3 Å². The van der Waals surface area contributed by atoms with Crippen LogP contribution in [0.25, 0.3) is 0 Å². The van der Waals surface area contributed by atoms with E-state index in [-0.39, 0.29) is 0 Å². The molecule has 0 bridgehead atoms. The summed E-state index contributed by atoms with van der Waals surface area (Å²) in [5, 5.41) is 10.7. The van der Waals surface area contributed by atoms with E-state index in [0.717, 1.165) is 51.8 Å². The van der Waals surface area contributed by atoms with E-state index in [1.165, 1.54) is 56.9 Å². The van der Waals surface area contributed by atoms with Gasteiger partial charge in [0.25, 0.3) is 0 Å². The maximum Gasteiger partial charge on any atom is 0.133 e. The van der Waals surface area contributed by atoms with Crippen molar-refractivity contribution in [2.24, 2.45) is 17.8 Å². The van der Waals surface area contributed by atoms with Gasteiger partial charge in [0.2, 0.25) is 0 Å². The van der Waals surface area contributed by atoms with E-state index in [1.807, 2.05) is 6.07 Å². The summed E-state index contributed by atoms with van der Waals surface area (Å²) in [5.74, 6) is 4.33. The number of hydrogen-bond donors (Lipinski definition) is 2. The molecule has 1 aromatic carbocycles. The third-order valence-corrected chi connectivity index (χ3v) is 6.99. The van der Waals surface area contributed by atoms with Gasteiger partial charge < -0.3 is 13.3 Å². The first-order valence-corrected chi connectivity index (χ1v) is 11.1. The molecule has 2 saturated carbocycles. The Morgan fingerprint density at radius 2 is 1.58 bits per heavy atom. The van der Waals surface area contributed by atoms with Crippen LogP contribution in [0.5, 0.6) is 11.5 Å². The zero-order valence-corrected chi connectivity index (χ0v) is 19.0. The lowest BCUT2D eigenvalue weighted by molar-refractivity contribution is 0.171. The van der Waals surface area contributed by atoms with Gasteiger partial charge in [-0.25, -0.2) is 0 Å². The number of phenolic OH excluding ortho intramolecular Hbond substituents is 1. The van der Waals surface area contributed by atoms with Crippen LogP contribution in [0.2, 0.25) is 0 Å². The molecule has 2 aliphatic carbocycles. The van der Waals surface area contributed by atoms with Gasteiger partial charge in [0.1, 0.15) is 34.5 Å². The Bertz CT molecular complexity index is 577. The number of hydrogen-bond acceptors (Lipinski definition) is 3. The minimum absolute atomic E-state index is 0.299. The molecular weight excluding hydrogens is 458 g/mol. The van der Waals surface area contributed by atoms with Gasteiger partial charge in [0, 0.05) is 0 Å². The second-order valence-electron chi connectivity index (χ2n) is 7.64. The van der Waals surface area contributed by atoms with Gasteiger partial charge in [0.05, 0.1) is 12.4 Å². The van der Waals surface area contributed by atoms with Gasteiger partial charge in [-0.1, -0.05) is 21.4 Å². The fraction of sp³-hybridized carbons (Fsp3) is 0.619. The highest BCUT2D eigenvalue weighted by Crippen LogP contribution is 2.45. The van der Waals surface area contributed by atoms with Crippen LogP contribution in [-0.4, -0.2) is 15.7 Å². The highest BCUT2D eigenvalue weighted by Gasteiger charge is 2.31. The van der Waals surface area contributed by atoms with Crippen LogP contribution in [0.1, 0.15) is 62.8 Å². The topological polar surface area (TPSA) is 49.7 Å². The molecule has 1 atom stereocenters. The average molecular weight is 490 g/mol. The lowest BCUT2D eigenvalue weighted by Crippen LogP contribution is -2.25. The van der Waals surface area contributed by atoms with E-state index in [2.05, 4.69) is 28.0 Å². The fourth-order valence-electron chi connectivity index (χ4n) is 4.91. The van der Waals surface area contributed by atoms with Crippen molar-refractivity contribution in [2.75, 3.05) is 7.11 Å². The lowest BCUT2D eigenvalue weighted by Gasteiger charge is -2.37. The van der Waals surface area contributed by atoms with Crippen molar-refractivity contribution in [3.63, 3.8) is 0 Å². The molecule has 146 valence electrons. The van der Waals surface area contributed by atoms with Crippen LogP contribution in [0.15, 0.2) is 24.8 Å². The number of benzene rings is 1. The normalized spacial score (nSPS) is 28.6. The van der Waals surface area contributed by atoms with Gasteiger partial charge in [-0.05, 0) is 86.7 Å². The number of aromatic hydroxyl groups is 1. The molecule has 1 unspecified atom stereocenters. The molecule has 3 rings (SSSR count). The smallest absolute Gasteiger partial charge is 0.133 e. The number of methoxy groups -OCH3 is 1. The minimum atomic E-state index is 0.299. The Labute approximate surface area is 174 Å². The Hall–Kier alpha value is -0.320. The fourth-order valence-corrected chi connectivity index (χ4v) is 5.29. The van der Waals surface area contributed by atoms with Crippen LogP contribution >= 0.6 is 32.2 Å². The lowest BCUT2D eigenvalue weighted by atomic mass is 9.68. The van der Waals surface area contributed by atoms with Crippen LogP contribution in [0.4, 0.5) is 0 Å². The van der Waals surface area contributed by atoms with Crippen LogP contribution in [-0.2, 0) is 0 Å². The van der Waals surface area contributed by atoms with Gasteiger partial charge in [0.15, 0.2) is 0 Å². The van der Waals surface area contributed by atoms with Crippen molar-refractivity contribution in [3.8, 4) is 11.5 Å².